The first-order valence-corrected chi connectivity index (χ1v) is 7.61. The molecule has 0 saturated heterocycles. The van der Waals surface area contributed by atoms with Crippen molar-refractivity contribution in [3.63, 3.8) is 0 Å². The van der Waals surface area contributed by atoms with Crippen molar-refractivity contribution >= 4 is 22.6 Å². The van der Waals surface area contributed by atoms with Crippen LogP contribution in [0, 0.1) is 13.8 Å². The van der Waals surface area contributed by atoms with Crippen LogP contribution in [-0.4, -0.2) is 15.9 Å². The van der Waals surface area contributed by atoms with Gasteiger partial charge in [0.15, 0.2) is 0 Å². The van der Waals surface area contributed by atoms with E-state index in [0.717, 1.165) is 28.1 Å². The third-order valence-corrected chi connectivity index (χ3v) is 3.88. The molecule has 3 rings (SSSR count). The molecule has 0 bridgehead atoms. The quantitative estimate of drug-likeness (QED) is 0.739. The molecule has 2 aromatic carbocycles. The SMILES string of the molecule is CC(=O)N(Cc1nc2ccccc2nc1C)c1ccc(C)cc1. The van der Waals surface area contributed by atoms with Crippen molar-refractivity contribution in [1.29, 1.82) is 0 Å². The van der Waals surface area contributed by atoms with Crippen molar-refractivity contribution < 1.29 is 4.79 Å². The van der Waals surface area contributed by atoms with E-state index in [9.17, 15) is 4.79 Å². The van der Waals surface area contributed by atoms with Gasteiger partial charge in [-0.15, -0.1) is 0 Å². The van der Waals surface area contributed by atoms with Gasteiger partial charge in [-0.1, -0.05) is 29.8 Å². The van der Waals surface area contributed by atoms with Crippen LogP contribution in [0.25, 0.3) is 11.0 Å². The van der Waals surface area contributed by atoms with Crippen LogP contribution in [-0.2, 0) is 11.3 Å². The van der Waals surface area contributed by atoms with Crippen molar-refractivity contribution in [2.24, 2.45) is 0 Å². The lowest BCUT2D eigenvalue weighted by atomic mass is 10.2. The molecule has 0 aliphatic rings. The Balaban J connectivity index is 1.98. The largest absolute Gasteiger partial charge is 0.307 e. The fourth-order valence-corrected chi connectivity index (χ4v) is 2.53. The van der Waals surface area contributed by atoms with Crippen molar-refractivity contribution in [3.8, 4) is 0 Å². The van der Waals surface area contributed by atoms with Crippen LogP contribution in [0.3, 0.4) is 0 Å². The van der Waals surface area contributed by atoms with E-state index < -0.39 is 0 Å². The molecule has 0 aliphatic heterocycles. The monoisotopic (exact) mass is 305 g/mol. The number of hydrogen-bond acceptors (Lipinski definition) is 3. The summed E-state index contributed by atoms with van der Waals surface area (Å²) in [7, 11) is 0. The van der Waals surface area contributed by atoms with E-state index in [1.54, 1.807) is 11.8 Å². The molecule has 4 nitrogen and oxygen atoms in total. The third kappa shape index (κ3) is 3.21. The molecule has 0 fully saturated rings. The van der Waals surface area contributed by atoms with Crippen molar-refractivity contribution in [2.45, 2.75) is 27.3 Å². The van der Waals surface area contributed by atoms with Gasteiger partial charge in [0.25, 0.3) is 0 Å². The molecule has 0 spiro atoms. The first kappa shape index (κ1) is 15.2. The van der Waals surface area contributed by atoms with Gasteiger partial charge in [0.1, 0.15) is 0 Å². The average molecular weight is 305 g/mol. The van der Waals surface area contributed by atoms with Crippen molar-refractivity contribution in [3.05, 3.63) is 65.5 Å². The number of benzene rings is 2. The highest BCUT2D eigenvalue weighted by Crippen LogP contribution is 2.20. The number of amides is 1. The van der Waals surface area contributed by atoms with E-state index in [2.05, 4.69) is 9.97 Å². The molecule has 0 aliphatic carbocycles. The highest BCUT2D eigenvalue weighted by atomic mass is 16.2. The number of para-hydroxylation sites is 2. The molecule has 0 N–H and O–H groups in total. The van der Waals surface area contributed by atoms with Gasteiger partial charge in [-0.05, 0) is 38.1 Å². The van der Waals surface area contributed by atoms with E-state index in [1.165, 1.54) is 5.56 Å². The Morgan fingerprint density at radius 3 is 2.17 bits per heavy atom. The number of rotatable bonds is 3. The zero-order valence-electron chi connectivity index (χ0n) is 13.6. The Morgan fingerprint density at radius 2 is 1.57 bits per heavy atom. The van der Waals surface area contributed by atoms with Crippen LogP contribution in [0.1, 0.15) is 23.9 Å². The van der Waals surface area contributed by atoms with Gasteiger partial charge in [-0.25, -0.2) is 9.97 Å². The van der Waals surface area contributed by atoms with Gasteiger partial charge in [0.2, 0.25) is 5.91 Å². The predicted molar refractivity (Wildman–Crippen MR) is 92.3 cm³/mol. The topological polar surface area (TPSA) is 46.1 Å². The molecule has 0 atom stereocenters. The zero-order chi connectivity index (χ0) is 16.4. The van der Waals surface area contributed by atoms with E-state index in [4.69, 9.17) is 0 Å². The van der Waals surface area contributed by atoms with Crippen molar-refractivity contribution in [1.82, 2.24) is 9.97 Å². The first-order chi connectivity index (χ1) is 11.0. The third-order valence-electron chi connectivity index (χ3n) is 3.88. The van der Waals surface area contributed by atoms with Gasteiger partial charge in [-0.3, -0.25) is 4.79 Å². The number of aromatic nitrogens is 2. The van der Waals surface area contributed by atoms with Crippen LogP contribution in [0.15, 0.2) is 48.5 Å². The molecule has 23 heavy (non-hydrogen) atoms. The maximum absolute atomic E-state index is 12.1. The van der Waals surface area contributed by atoms with Gasteiger partial charge in [-0.2, -0.15) is 0 Å². The van der Waals surface area contributed by atoms with Crippen LogP contribution >= 0.6 is 0 Å². The Labute approximate surface area is 135 Å². The average Bonchev–Trinajstić information content (AvgIpc) is 2.53. The molecule has 1 heterocycles. The number of hydrogen-bond donors (Lipinski definition) is 0. The number of carbonyl (C=O) groups excluding carboxylic acids is 1. The van der Waals surface area contributed by atoms with Crippen LogP contribution in [0.4, 0.5) is 5.69 Å². The summed E-state index contributed by atoms with van der Waals surface area (Å²) in [6.07, 6.45) is 0. The Bertz CT molecular complexity index is 856. The van der Waals surface area contributed by atoms with Crippen LogP contribution in [0.2, 0.25) is 0 Å². The molecule has 3 aromatic rings. The standard InChI is InChI=1S/C19H19N3O/c1-13-8-10-16(11-9-13)22(15(3)23)12-19-14(2)20-17-6-4-5-7-18(17)21-19/h4-11H,12H2,1-3H3. The van der Waals surface area contributed by atoms with Gasteiger partial charge < -0.3 is 4.90 Å². The van der Waals surface area contributed by atoms with E-state index in [-0.39, 0.29) is 5.91 Å². The Morgan fingerprint density at radius 1 is 0.957 bits per heavy atom. The number of fused-ring (bicyclic) bond motifs is 1. The lowest BCUT2D eigenvalue weighted by Crippen LogP contribution is -2.28. The first-order valence-electron chi connectivity index (χ1n) is 7.61. The highest BCUT2D eigenvalue weighted by Gasteiger charge is 2.15. The summed E-state index contributed by atoms with van der Waals surface area (Å²) in [6, 6.07) is 15.7. The number of nitrogens with zero attached hydrogens (tertiary/aromatic N) is 3. The molecule has 4 heteroatoms. The fourth-order valence-electron chi connectivity index (χ4n) is 2.53. The molecule has 0 radical (unpaired) electrons. The van der Waals surface area contributed by atoms with Crippen LogP contribution in [0.5, 0.6) is 0 Å². The Hall–Kier alpha value is -2.75. The molecule has 116 valence electrons. The lowest BCUT2D eigenvalue weighted by molar-refractivity contribution is -0.116. The number of aryl methyl sites for hydroxylation is 2. The number of anilines is 1. The second kappa shape index (κ2) is 6.16. The Kier molecular flexibility index (Phi) is 4.06. The minimum absolute atomic E-state index is 0.0109. The lowest BCUT2D eigenvalue weighted by Gasteiger charge is -2.22. The molecular weight excluding hydrogens is 286 g/mol. The second-order valence-electron chi connectivity index (χ2n) is 5.69. The van der Waals surface area contributed by atoms with E-state index >= 15 is 0 Å². The summed E-state index contributed by atoms with van der Waals surface area (Å²) < 4.78 is 0. The van der Waals surface area contributed by atoms with Gasteiger partial charge in [0, 0.05) is 12.6 Å². The summed E-state index contributed by atoms with van der Waals surface area (Å²) in [5.41, 5.74) is 5.43. The normalized spacial score (nSPS) is 10.7. The predicted octanol–water partition coefficient (Wildman–Crippen LogP) is 3.80. The molecular formula is C19H19N3O. The van der Waals surface area contributed by atoms with Gasteiger partial charge in [0.05, 0.1) is 29.0 Å². The minimum atomic E-state index is -0.0109. The maximum Gasteiger partial charge on any atom is 0.224 e. The minimum Gasteiger partial charge on any atom is -0.307 e. The molecule has 1 amide bonds. The molecule has 1 aromatic heterocycles. The summed E-state index contributed by atoms with van der Waals surface area (Å²) in [4.78, 5) is 23.1. The summed E-state index contributed by atoms with van der Waals surface area (Å²) in [6.45, 7) is 5.95. The van der Waals surface area contributed by atoms with Crippen molar-refractivity contribution in [2.75, 3.05) is 4.90 Å². The zero-order valence-corrected chi connectivity index (χ0v) is 13.6. The van der Waals surface area contributed by atoms with E-state index in [1.807, 2.05) is 62.4 Å². The highest BCUT2D eigenvalue weighted by molar-refractivity contribution is 5.91. The molecule has 0 saturated carbocycles. The maximum atomic E-state index is 12.1. The van der Waals surface area contributed by atoms with Crippen LogP contribution < -0.4 is 4.90 Å². The fraction of sp³-hybridized carbons (Fsp3) is 0.211. The van der Waals surface area contributed by atoms with Gasteiger partial charge >= 0.3 is 0 Å². The smallest absolute Gasteiger partial charge is 0.224 e. The van der Waals surface area contributed by atoms with E-state index in [0.29, 0.717) is 6.54 Å². The second-order valence-corrected chi connectivity index (χ2v) is 5.69. The molecule has 0 unspecified atom stereocenters. The summed E-state index contributed by atoms with van der Waals surface area (Å²) in [5, 5.41) is 0. The number of carbonyl (C=O) groups is 1. The summed E-state index contributed by atoms with van der Waals surface area (Å²) >= 11 is 0. The summed E-state index contributed by atoms with van der Waals surface area (Å²) in [5.74, 6) is -0.0109.